The first-order chi connectivity index (χ1) is 11.6. The second-order valence-electron chi connectivity index (χ2n) is 6.66. The highest BCUT2D eigenvalue weighted by atomic mass is 35.5. The third kappa shape index (κ3) is 2.35. The zero-order valence-corrected chi connectivity index (χ0v) is 14.7. The Labute approximate surface area is 145 Å². The number of pyridine rings is 1. The summed E-state index contributed by atoms with van der Waals surface area (Å²) in [6.45, 7) is 7.44. The lowest BCUT2D eigenvalue weighted by molar-refractivity contribution is 0.331. The third-order valence-corrected chi connectivity index (χ3v) is 5.18. The van der Waals surface area contributed by atoms with Gasteiger partial charge in [-0.2, -0.15) is 0 Å². The van der Waals surface area contributed by atoms with Crippen LogP contribution in [0.25, 0.3) is 10.8 Å². The Balaban J connectivity index is 1.75. The lowest BCUT2D eigenvalue weighted by atomic mass is 9.87. The molecule has 0 saturated carbocycles. The summed E-state index contributed by atoms with van der Waals surface area (Å²) >= 11 is 6.14. The van der Waals surface area contributed by atoms with Gasteiger partial charge in [0.1, 0.15) is 5.15 Å². The molecule has 1 aromatic carbocycles. The number of aromatic nitrogens is 3. The Morgan fingerprint density at radius 1 is 1.29 bits per heavy atom. The van der Waals surface area contributed by atoms with Crippen LogP contribution in [0.2, 0.25) is 5.15 Å². The molecular formula is C18H19ClN4O. The van der Waals surface area contributed by atoms with Crippen LogP contribution in [0, 0.1) is 0 Å². The monoisotopic (exact) mass is 342 g/mol. The van der Waals surface area contributed by atoms with E-state index in [9.17, 15) is 0 Å². The van der Waals surface area contributed by atoms with Crippen LogP contribution >= 0.6 is 11.6 Å². The van der Waals surface area contributed by atoms with Crippen molar-refractivity contribution in [3.8, 4) is 0 Å². The van der Waals surface area contributed by atoms with Gasteiger partial charge in [0.05, 0.1) is 5.92 Å². The largest absolute Gasteiger partial charge is 0.428 e. The molecule has 0 N–H and O–H groups in total. The highest BCUT2D eigenvalue weighted by Gasteiger charge is 2.40. The first-order valence-electron chi connectivity index (χ1n) is 8.17. The molecule has 0 aliphatic carbocycles. The smallest absolute Gasteiger partial charge is 0.223 e. The summed E-state index contributed by atoms with van der Waals surface area (Å²) in [5, 5.41) is 10.7. The molecule has 1 aliphatic rings. The third-order valence-electron chi connectivity index (χ3n) is 4.97. The summed E-state index contributed by atoms with van der Waals surface area (Å²) in [7, 11) is 0. The predicted octanol–water partition coefficient (Wildman–Crippen LogP) is 4.39. The zero-order chi connectivity index (χ0) is 16.8. The van der Waals surface area contributed by atoms with Crippen molar-refractivity contribution in [2.75, 3.05) is 11.4 Å². The molecule has 0 unspecified atom stereocenters. The van der Waals surface area contributed by atoms with Gasteiger partial charge in [0, 0.05) is 29.9 Å². The van der Waals surface area contributed by atoms with Crippen LogP contribution in [0.15, 0.2) is 35.2 Å². The maximum absolute atomic E-state index is 6.14. The SMILES string of the molecule is CC(C)c1ccc(N2C[C@H](c3nnco3)[C@H]2C)c2cnc(Cl)cc12. The van der Waals surface area contributed by atoms with E-state index in [0.29, 0.717) is 23.0 Å². The molecule has 0 bridgehead atoms. The molecule has 0 radical (unpaired) electrons. The van der Waals surface area contributed by atoms with Crippen LogP contribution in [-0.2, 0) is 0 Å². The zero-order valence-electron chi connectivity index (χ0n) is 13.9. The summed E-state index contributed by atoms with van der Waals surface area (Å²) in [6, 6.07) is 6.66. The van der Waals surface area contributed by atoms with E-state index in [2.05, 4.69) is 53.0 Å². The molecular weight excluding hydrogens is 324 g/mol. The van der Waals surface area contributed by atoms with Crippen molar-refractivity contribution in [1.29, 1.82) is 0 Å². The number of fused-ring (bicyclic) bond motifs is 1. The van der Waals surface area contributed by atoms with Crippen molar-refractivity contribution >= 4 is 28.1 Å². The molecule has 3 heterocycles. The van der Waals surface area contributed by atoms with Crippen molar-refractivity contribution in [3.05, 3.63) is 47.4 Å². The molecule has 1 fully saturated rings. The average Bonchev–Trinajstić information content (AvgIpc) is 3.06. The summed E-state index contributed by atoms with van der Waals surface area (Å²) in [4.78, 5) is 6.66. The van der Waals surface area contributed by atoms with E-state index >= 15 is 0 Å². The molecule has 1 aliphatic heterocycles. The minimum Gasteiger partial charge on any atom is -0.428 e. The van der Waals surface area contributed by atoms with E-state index < -0.39 is 0 Å². The van der Waals surface area contributed by atoms with Gasteiger partial charge in [0.25, 0.3) is 0 Å². The first-order valence-corrected chi connectivity index (χ1v) is 8.55. The molecule has 0 spiro atoms. The normalized spacial score (nSPS) is 20.6. The van der Waals surface area contributed by atoms with E-state index in [1.807, 2.05) is 12.3 Å². The Kier molecular flexibility index (Phi) is 3.68. The minimum absolute atomic E-state index is 0.271. The van der Waals surface area contributed by atoms with Gasteiger partial charge in [-0.25, -0.2) is 4.98 Å². The maximum Gasteiger partial charge on any atom is 0.223 e. The van der Waals surface area contributed by atoms with Crippen molar-refractivity contribution in [1.82, 2.24) is 15.2 Å². The van der Waals surface area contributed by atoms with Gasteiger partial charge in [-0.15, -0.1) is 10.2 Å². The molecule has 3 aromatic rings. The van der Waals surface area contributed by atoms with Crippen molar-refractivity contribution in [2.45, 2.75) is 38.6 Å². The molecule has 124 valence electrons. The number of hydrogen-bond acceptors (Lipinski definition) is 5. The molecule has 0 amide bonds. The quantitative estimate of drug-likeness (QED) is 0.661. The lowest BCUT2D eigenvalue weighted by Gasteiger charge is -2.46. The van der Waals surface area contributed by atoms with Crippen LogP contribution in [-0.4, -0.2) is 27.8 Å². The Morgan fingerprint density at radius 2 is 2.12 bits per heavy atom. The van der Waals surface area contributed by atoms with Gasteiger partial charge < -0.3 is 9.32 Å². The van der Waals surface area contributed by atoms with Crippen molar-refractivity contribution in [2.24, 2.45) is 0 Å². The molecule has 24 heavy (non-hydrogen) atoms. The molecule has 1 saturated heterocycles. The Bertz CT molecular complexity index is 878. The van der Waals surface area contributed by atoms with E-state index in [1.165, 1.54) is 23.0 Å². The number of hydrogen-bond donors (Lipinski definition) is 0. The number of rotatable bonds is 3. The van der Waals surface area contributed by atoms with Crippen LogP contribution < -0.4 is 4.90 Å². The van der Waals surface area contributed by atoms with E-state index in [4.69, 9.17) is 16.0 Å². The highest BCUT2D eigenvalue weighted by Crippen LogP contribution is 2.41. The van der Waals surface area contributed by atoms with Crippen LogP contribution in [0.4, 0.5) is 5.69 Å². The second kappa shape index (κ2) is 5.74. The topological polar surface area (TPSA) is 55.1 Å². The molecule has 4 rings (SSSR count). The number of halogens is 1. The van der Waals surface area contributed by atoms with Gasteiger partial charge in [0.2, 0.25) is 12.3 Å². The number of benzene rings is 1. The molecule has 6 heteroatoms. The number of anilines is 1. The molecule has 2 atom stereocenters. The summed E-state index contributed by atoms with van der Waals surface area (Å²) in [5.74, 6) is 1.41. The fourth-order valence-corrected chi connectivity index (χ4v) is 3.69. The van der Waals surface area contributed by atoms with Crippen LogP contribution in [0.1, 0.15) is 44.1 Å². The minimum atomic E-state index is 0.271. The van der Waals surface area contributed by atoms with Gasteiger partial charge in [-0.05, 0) is 35.9 Å². The van der Waals surface area contributed by atoms with Crippen LogP contribution in [0.5, 0.6) is 0 Å². The Hall–Kier alpha value is -2.14. The van der Waals surface area contributed by atoms with Gasteiger partial charge in [-0.1, -0.05) is 31.5 Å². The fourth-order valence-electron chi connectivity index (χ4n) is 3.53. The standard InChI is InChI=1S/C18H19ClN4O/c1-10(2)12-4-5-16(14-7-20-17(19)6-13(12)14)23-8-15(11(23)3)18-22-21-9-24-18/h4-7,9-11,15H,8H2,1-3H3/t11-,15+/m1/s1. The highest BCUT2D eigenvalue weighted by molar-refractivity contribution is 6.30. The van der Waals surface area contributed by atoms with Gasteiger partial charge in [0.15, 0.2) is 0 Å². The van der Waals surface area contributed by atoms with E-state index in [-0.39, 0.29) is 5.92 Å². The average molecular weight is 343 g/mol. The second-order valence-corrected chi connectivity index (χ2v) is 7.04. The predicted molar refractivity (Wildman–Crippen MR) is 94.7 cm³/mol. The first kappa shape index (κ1) is 15.4. The molecule has 2 aromatic heterocycles. The van der Waals surface area contributed by atoms with Gasteiger partial charge in [-0.3, -0.25) is 0 Å². The van der Waals surface area contributed by atoms with Gasteiger partial charge >= 0.3 is 0 Å². The van der Waals surface area contributed by atoms with Crippen LogP contribution in [0.3, 0.4) is 0 Å². The summed E-state index contributed by atoms with van der Waals surface area (Å²) in [6.07, 6.45) is 3.27. The molecule has 5 nitrogen and oxygen atoms in total. The number of nitrogens with zero attached hydrogens (tertiary/aromatic N) is 4. The van der Waals surface area contributed by atoms with Crippen molar-refractivity contribution in [3.63, 3.8) is 0 Å². The van der Waals surface area contributed by atoms with E-state index in [1.54, 1.807) is 0 Å². The Morgan fingerprint density at radius 3 is 2.79 bits per heavy atom. The van der Waals surface area contributed by atoms with Crippen molar-refractivity contribution < 1.29 is 4.42 Å². The van der Waals surface area contributed by atoms with E-state index in [0.717, 1.165) is 11.9 Å². The summed E-state index contributed by atoms with van der Waals surface area (Å²) < 4.78 is 5.37. The lowest BCUT2D eigenvalue weighted by Crippen LogP contribution is -2.53. The summed E-state index contributed by atoms with van der Waals surface area (Å²) in [5.41, 5.74) is 2.47. The fraction of sp³-hybridized carbons (Fsp3) is 0.389. The maximum atomic E-state index is 6.14.